The van der Waals surface area contributed by atoms with Crippen LogP contribution in [0.5, 0.6) is 5.75 Å². The molecule has 2 aliphatic rings. The van der Waals surface area contributed by atoms with E-state index in [9.17, 15) is 4.79 Å². The minimum atomic E-state index is 0.168. The fourth-order valence-corrected chi connectivity index (χ4v) is 3.36. The lowest BCUT2D eigenvalue weighted by molar-refractivity contribution is -0.129. The number of anilines is 2. The third kappa shape index (κ3) is 2.98. The van der Waals surface area contributed by atoms with Gasteiger partial charge in [-0.15, -0.1) is 0 Å². The molecule has 22 heavy (non-hydrogen) atoms. The second-order valence-electron chi connectivity index (χ2n) is 6.04. The number of ether oxygens (including phenoxy) is 1. The van der Waals surface area contributed by atoms with Crippen LogP contribution in [0.2, 0.25) is 0 Å². The molecule has 0 radical (unpaired) electrons. The standard InChI is InChI=1S/C17H25N3O2/c1-14(21)18-9-11-19(12-10-18)15-5-6-16(17(13-15)22-2)20-7-3-4-8-20/h5-6,13H,3-4,7-12H2,1-2H3. The highest BCUT2D eigenvalue weighted by Crippen LogP contribution is 2.34. The molecule has 5 heteroatoms. The van der Waals surface area contributed by atoms with E-state index in [0.717, 1.165) is 45.0 Å². The van der Waals surface area contributed by atoms with E-state index >= 15 is 0 Å². The molecule has 1 amide bonds. The maximum atomic E-state index is 11.4. The molecule has 0 spiro atoms. The Balaban J connectivity index is 1.73. The third-order valence-electron chi connectivity index (χ3n) is 4.70. The van der Waals surface area contributed by atoms with Gasteiger partial charge in [-0.3, -0.25) is 4.79 Å². The van der Waals surface area contributed by atoms with Crippen LogP contribution < -0.4 is 14.5 Å². The summed E-state index contributed by atoms with van der Waals surface area (Å²) in [5.41, 5.74) is 2.38. The maximum absolute atomic E-state index is 11.4. The van der Waals surface area contributed by atoms with Crippen molar-refractivity contribution in [1.29, 1.82) is 0 Å². The molecule has 0 aliphatic carbocycles. The van der Waals surface area contributed by atoms with E-state index in [1.54, 1.807) is 14.0 Å². The van der Waals surface area contributed by atoms with Gasteiger partial charge in [0.1, 0.15) is 5.75 Å². The molecular formula is C17H25N3O2. The number of benzene rings is 1. The van der Waals surface area contributed by atoms with Gasteiger partial charge in [-0.1, -0.05) is 0 Å². The van der Waals surface area contributed by atoms with Crippen molar-refractivity contribution in [1.82, 2.24) is 4.90 Å². The molecule has 1 aromatic carbocycles. The summed E-state index contributed by atoms with van der Waals surface area (Å²) < 4.78 is 5.62. The highest BCUT2D eigenvalue weighted by Gasteiger charge is 2.21. The number of methoxy groups -OCH3 is 1. The van der Waals surface area contributed by atoms with Gasteiger partial charge in [-0.2, -0.15) is 0 Å². The van der Waals surface area contributed by atoms with Crippen molar-refractivity contribution in [2.75, 3.05) is 56.2 Å². The number of hydrogen-bond acceptors (Lipinski definition) is 4. The SMILES string of the molecule is COc1cc(N2CCN(C(C)=O)CC2)ccc1N1CCCC1. The first kappa shape index (κ1) is 15.0. The Bertz CT molecular complexity index is 533. The Hall–Kier alpha value is -1.91. The lowest BCUT2D eigenvalue weighted by atomic mass is 10.2. The summed E-state index contributed by atoms with van der Waals surface area (Å²) in [6, 6.07) is 6.49. The lowest BCUT2D eigenvalue weighted by Crippen LogP contribution is -2.48. The molecule has 2 heterocycles. The highest BCUT2D eigenvalue weighted by atomic mass is 16.5. The monoisotopic (exact) mass is 303 g/mol. The van der Waals surface area contributed by atoms with Gasteiger partial charge in [0, 0.05) is 57.9 Å². The van der Waals surface area contributed by atoms with E-state index in [0.29, 0.717) is 0 Å². The van der Waals surface area contributed by atoms with Gasteiger partial charge in [-0.05, 0) is 25.0 Å². The van der Waals surface area contributed by atoms with Crippen molar-refractivity contribution < 1.29 is 9.53 Å². The van der Waals surface area contributed by atoms with E-state index in [-0.39, 0.29) is 5.91 Å². The molecule has 120 valence electrons. The van der Waals surface area contributed by atoms with Crippen LogP contribution in [-0.2, 0) is 4.79 Å². The highest BCUT2D eigenvalue weighted by molar-refractivity contribution is 5.73. The van der Waals surface area contributed by atoms with Crippen molar-refractivity contribution >= 4 is 17.3 Å². The van der Waals surface area contributed by atoms with Crippen LogP contribution in [0.25, 0.3) is 0 Å². The molecule has 2 aliphatic heterocycles. The molecular weight excluding hydrogens is 278 g/mol. The van der Waals surface area contributed by atoms with Gasteiger partial charge in [0.15, 0.2) is 0 Å². The second-order valence-corrected chi connectivity index (χ2v) is 6.04. The number of hydrogen-bond donors (Lipinski definition) is 0. The second kappa shape index (κ2) is 6.46. The van der Waals surface area contributed by atoms with Gasteiger partial charge >= 0.3 is 0 Å². The summed E-state index contributed by atoms with van der Waals surface area (Å²) in [5, 5.41) is 0. The van der Waals surface area contributed by atoms with E-state index in [1.165, 1.54) is 24.2 Å². The third-order valence-corrected chi connectivity index (χ3v) is 4.70. The zero-order valence-corrected chi connectivity index (χ0v) is 13.5. The molecule has 3 rings (SSSR count). The number of nitrogens with zero attached hydrogens (tertiary/aromatic N) is 3. The van der Waals surface area contributed by atoms with Crippen LogP contribution in [0.4, 0.5) is 11.4 Å². The summed E-state index contributed by atoms with van der Waals surface area (Å²) in [7, 11) is 1.74. The molecule has 0 N–H and O–H groups in total. The Kier molecular flexibility index (Phi) is 4.41. The van der Waals surface area contributed by atoms with Crippen molar-refractivity contribution in [3.8, 4) is 5.75 Å². The average Bonchev–Trinajstić information content (AvgIpc) is 3.08. The molecule has 2 saturated heterocycles. The topological polar surface area (TPSA) is 36.0 Å². The molecule has 2 fully saturated rings. The summed E-state index contributed by atoms with van der Waals surface area (Å²) in [5.74, 6) is 1.12. The fraction of sp³-hybridized carbons (Fsp3) is 0.588. The smallest absolute Gasteiger partial charge is 0.219 e. The van der Waals surface area contributed by atoms with Gasteiger partial charge in [-0.25, -0.2) is 0 Å². The zero-order chi connectivity index (χ0) is 15.5. The largest absolute Gasteiger partial charge is 0.495 e. The molecule has 0 atom stereocenters. The quantitative estimate of drug-likeness (QED) is 0.855. The van der Waals surface area contributed by atoms with E-state index in [2.05, 4.69) is 28.0 Å². The number of piperazine rings is 1. The number of rotatable bonds is 3. The van der Waals surface area contributed by atoms with Crippen molar-refractivity contribution in [2.24, 2.45) is 0 Å². The molecule has 0 unspecified atom stereocenters. The minimum absolute atomic E-state index is 0.168. The zero-order valence-electron chi connectivity index (χ0n) is 13.5. The van der Waals surface area contributed by atoms with E-state index < -0.39 is 0 Å². The molecule has 0 aromatic heterocycles. The first-order valence-corrected chi connectivity index (χ1v) is 8.12. The van der Waals surface area contributed by atoms with Crippen molar-refractivity contribution in [3.63, 3.8) is 0 Å². The van der Waals surface area contributed by atoms with Crippen LogP contribution >= 0.6 is 0 Å². The molecule has 0 bridgehead atoms. The van der Waals surface area contributed by atoms with E-state index in [1.807, 2.05) is 4.90 Å². The van der Waals surface area contributed by atoms with Gasteiger partial charge in [0.25, 0.3) is 0 Å². The van der Waals surface area contributed by atoms with Crippen LogP contribution in [0.1, 0.15) is 19.8 Å². The summed E-state index contributed by atoms with van der Waals surface area (Å²) in [4.78, 5) is 18.1. The average molecular weight is 303 g/mol. The van der Waals surface area contributed by atoms with Gasteiger partial charge < -0.3 is 19.4 Å². The summed E-state index contributed by atoms with van der Waals surface area (Å²) >= 11 is 0. The fourth-order valence-electron chi connectivity index (χ4n) is 3.36. The molecule has 5 nitrogen and oxygen atoms in total. The minimum Gasteiger partial charge on any atom is -0.495 e. The number of amides is 1. The van der Waals surface area contributed by atoms with Crippen LogP contribution in [-0.4, -0.2) is 57.2 Å². The predicted octanol–water partition coefficient (Wildman–Crippen LogP) is 1.96. The summed E-state index contributed by atoms with van der Waals surface area (Å²) in [6.07, 6.45) is 2.52. The first-order chi connectivity index (χ1) is 10.7. The Labute approximate surface area is 132 Å². The Morgan fingerprint density at radius 3 is 2.27 bits per heavy atom. The van der Waals surface area contributed by atoms with Gasteiger partial charge in [0.2, 0.25) is 5.91 Å². The molecule has 1 aromatic rings. The Morgan fingerprint density at radius 1 is 1.00 bits per heavy atom. The van der Waals surface area contributed by atoms with Crippen LogP contribution in [0.3, 0.4) is 0 Å². The van der Waals surface area contributed by atoms with Gasteiger partial charge in [0.05, 0.1) is 12.8 Å². The number of carbonyl (C=O) groups excluding carboxylic acids is 1. The normalized spacial score (nSPS) is 18.7. The first-order valence-electron chi connectivity index (χ1n) is 8.12. The van der Waals surface area contributed by atoms with Crippen LogP contribution in [0.15, 0.2) is 18.2 Å². The number of carbonyl (C=O) groups is 1. The lowest BCUT2D eigenvalue weighted by Gasteiger charge is -2.36. The Morgan fingerprint density at radius 2 is 1.68 bits per heavy atom. The van der Waals surface area contributed by atoms with Crippen LogP contribution in [0, 0.1) is 0 Å². The summed E-state index contributed by atoms with van der Waals surface area (Å²) in [6.45, 7) is 7.23. The maximum Gasteiger partial charge on any atom is 0.219 e. The predicted molar refractivity (Wildman–Crippen MR) is 88.9 cm³/mol. The van der Waals surface area contributed by atoms with E-state index in [4.69, 9.17) is 4.74 Å². The molecule has 0 saturated carbocycles. The van der Waals surface area contributed by atoms with Crippen molar-refractivity contribution in [3.05, 3.63) is 18.2 Å². The van der Waals surface area contributed by atoms with Crippen molar-refractivity contribution in [2.45, 2.75) is 19.8 Å².